The normalized spacial score (nSPS) is 21.3. The van der Waals surface area contributed by atoms with Crippen molar-refractivity contribution in [1.82, 2.24) is 4.90 Å². The Labute approximate surface area is 130 Å². The van der Waals surface area contributed by atoms with Gasteiger partial charge in [-0.1, -0.05) is 13.8 Å². The molecule has 8 nitrogen and oxygen atoms in total. The molecule has 0 saturated carbocycles. The Bertz CT molecular complexity index is 434. The third-order valence-electron chi connectivity index (χ3n) is 3.23. The van der Waals surface area contributed by atoms with Gasteiger partial charge in [0.05, 0.1) is 12.0 Å². The highest BCUT2D eigenvalue weighted by molar-refractivity contribution is 7.51. The van der Waals surface area contributed by atoms with E-state index in [1.807, 2.05) is 0 Å². The van der Waals surface area contributed by atoms with Crippen LogP contribution in [0.4, 0.5) is 4.79 Å². The molecule has 0 spiro atoms. The van der Waals surface area contributed by atoms with Crippen LogP contribution < -0.4 is 0 Å². The maximum atomic E-state index is 12.0. The standard InChI is InChI=1S/C13H24NO7P/c1-10(2)12(15)19-8-11-6-4-5-7-14(11)13(16)20-9-21-22(3,17)18/h10-11H,4-9H2,1-3H3,(H,17,18). The van der Waals surface area contributed by atoms with Gasteiger partial charge in [0.2, 0.25) is 6.79 Å². The molecule has 128 valence electrons. The number of ether oxygens (including phenoxy) is 2. The fourth-order valence-electron chi connectivity index (χ4n) is 2.02. The number of carbonyl (C=O) groups is 2. The van der Waals surface area contributed by atoms with Gasteiger partial charge in [0.25, 0.3) is 0 Å². The summed E-state index contributed by atoms with van der Waals surface area (Å²) in [7, 11) is -3.68. The second-order valence-electron chi connectivity index (χ2n) is 5.59. The van der Waals surface area contributed by atoms with Gasteiger partial charge >= 0.3 is 19.7 Å². The van der Waals surface area contributed by atoms with Crippen LogP contribution in [0.15, 0.2) is 0 Å². The topological polar surface area (TPSA) is 102 Å². The van der Waals surface area contributed by atoms with E-state index >= 15 is 0 Å². The monoisotopic (exact) mass is 337 g/mol. The molecule has 1 aliphatic rings. The largest absolute Gasteiger partial charge is 0.463 e. The number of hydrogen-bond donors (Lipinski definition) is 1. The summed E-state index contributed by atoms with van der Waals surface area (Å²) in [5.41, 5.74) is 0. The van der Waals surface area contributed by atoms with Crippen molar-refractivity contribution < 1.29 is 33.0 Å². The molecule has 2 atom stereocenters. The van der Waals surface area contributed by atoms with Gasteiger partial charge in [0.15, 0.2) is 0 Å². The molecule has 1 heterocycles. The van der Waals surface area contributed by atoms with Gasteiger partial charge in [-0.15, -0.1) is 0 Å². The molecule has 1 N–H and O–H groups in total. The lowest BCUT2D eigenvalue weighted by atomic mass is 10.0. The molecule has 0 aromatic heterocycles. The van der Waals surface area contributed by atoms with Crippen molar-refractivity contribution in [2.24, 2.45) is 5.92 Å². The van der Waals surface area contributed by atoms with E-state index in [4.69, 9.17) is 14.4 Å². The SMILES string of the molecule is CC(C)C(=O)OCC1CCCCN1C(=O)OCOP(C)(=O)O. The summed E-state index contributed by atoms with van der Waals surface area (Å²) in [6.45, 7) is 4.52. The molecule has 0 radical (unpaired) electrons. The lowest BCUT2D eigenvalue weighted by Crippen LogP contribution is -2.47. The lowest BCUT2D eigenvalue weighted by Gasteiger charge is -2.34. The first kappa shape index (κ1) is 18.9. The Morgan fingerprint density at radius 1 is 1.32 bits per heavy atom. The Kier molecular flexibility index (Phi) is 7.32. The van der Waals surface area contributed by atoms with Gasteiger partial charge < -0.3 is 19.3 Å². The van der Waals surface area contributed by atoms with Crippen molar-refractivity contribution in [3.05, 3.63) is 0 Å². The van der Waals surface area contributed by atoms with Crippen LogP contribution in [0, 0.1) is 5.92 Å². The fourth-order valence-corrected chi connectivity index (χ4v) is 2.26. The van der Waals surface area contributed by atoms with Crippen molar-refractivity contribution in [3.8, 4) is 0 Å². The van der Waals surface area contributed by atoms with E-state index in [9.17, 15) is 14.2 Å². The number of rotatable bonds is 6. The number of carbonyl (C=O) groups excluding carboxylic acids is 2. The van der Waals surface area contributed by atoms with E-state index in [2.05, 4.69) is 4.52 Å². The minimum absolute atomic E-state index is 0.124. The second-order valence-corrected chi connectivity index (χ2v) is 7.45. The molecule has 1 aliphatic heterocycles. The number of esters is 1. The maximum Gasteiger partial charge on any atom is 0.412 e. The van der Waals surface area contributed by atoms with Gasteiger partial charge in [0, 0.05) is 13.2 Å². The summed E-state index contributed by atoms with van der Waals surface area (Å²) in [4.78, 5) is 33.9. The Morgan fingerprint density at radius 3 is 2.59 bits per heavy atom. The predicted molar refractivity (Wildman–Crippen MR) is 78.3 cm³/mol. The third-order valence-corrected chi connectivity index (χ3v) is 3.81. The van der Waals surface area contributed by atoms with Crippen molar-refractivity contribution >= 4 is 19.7 Å². The first-order chi connectivity index (χ1) is 10.2. The molecule has 0 aromatic rings. The van der Waals surface area contributed by atoms with Gasteiger partial charge in [-0.25, -0.2) is 4.79 Å². The first-order valence-electron chi connectivity index (χ1n) is 7.25. The highest BCUT2D eigenvalue weighted by atomic mass is 31.2. The zero-order chi connectivity index (χ0) is 16.8. The van der Waals surface area contributed by atoms with Crippen LogP contribution >= 0.6 is 7.60 Å². The van der Waals surface area contributed by atoms with Crippen molar-refractivity contribution in [1.29, 1.82) is 0 Å². The Balaban J connectivity index is 2.48. The van der Waals surface area contributed by atoms with E-state index in [1.165, 1.54) is 4.90 Å². The first-order valence-corrected chi connectivity index (χ1v) is 9.28. The molecule has 1 saturated heterocycles. The molecular weight excluding hydrogens is 313 g/mol. The summed E-state index contributed by atoms with van der Waals surface area (Å²) >= 11 is 0. The Hall–Kier alpha value is -1.11. The average molecular weight is 337 g/mol. The molecule has 9 heteroatoms. The number of nitrogens with zero attached hydrogens (tertiary/aromatic N) is 1. The summed E-state index contributed by atoms with van der Waals surface area (Å²) < 4.78 is 25.5. The number of likely N-dealkylation sites (tertiary alicyclic amines) is 1. The predicted octanol–water partition coefficient (Wildman–Crippen LogP) is 1.97. The van der Waals surface area contributed by atoms with Crippen LogP contribution in [0.2, 0.25) is 0 Å². The average Bonchev–Trinajstić information content (AvgIpc) is 2.43. The fraction of sp³-hybridized carbons (Fsp3) is 0.846. The summed E-state index contributed by atoms with van der Waals surface area (Å²) in [6.07, 6.45) is 1.84. The maximum absolute atomic E-state index is 12.0. The highest BCUT2D eigenvalue weighted by Crippen LogP contribution is 2.36. The van der Waals surface area contributed by atoms with Crippen LogP contribution in [0.5, 0.6) is 0 Å². The van der Waals surface area contributed by atoms with Crippen molar-refractivity contribution in [2.75, 3.05) is 26.6 Å². The van der Waals surface area contributed by atoms with Crippen LogP contribution in [-0.4, -0.2) is 54.5 Å². The Morgan fingerprint density at radius 2 is 2.00 bits per heavy atom. The molecule has 0 bridgehead atoms. The molecule has 0 aliphatic carbocycles. The number of piperidine rings is 1. The molecule has 22 heavy (non-hydrogen) atoms. The second kappa shape index (κ2) is 8.50. The molecule has 0 aromatic carbocycles. The minimum atomic E-state index is -3.68. The lowest BCUT2D eigenvalue weighted by molar-refractivity contribution is -0.149. The van der Waals surface area contributed by atoms with Crippen LogP contribution in [-0.2, 0) is 23.4 Å². The van der Waals surface area contributed by atoms with Gasteiger partial charge in [-0.3, -0.25) is 13.9 Å². The van der Waals surface area contributed by atoms with Crippen LogP contribution in [0.25, 0.3) is 0 Å². The smallest absolute Gasteiger partial charge is 0.412 e. The molecule has 1 rings (SSSR count). The van der Waals surface area contributed by atoms with Gasteiger partial charge in [0.1, 0.15) is 6.61 Å². The molecule has 2 unspecified atom stereocenters. The molecular formula is C13H24NO7P. The van der Waals surface area contributed by atoms with E-state index in [-0.39, 0.29) is 24.5 Å². The van der Waals surface area contributed by atoms with E-state index in [1.54, 1.807) is 13.8 Å². The molecule has 1 fully saturated rings. The summed E-state index contributed by atoms with van der Waals surface area (Å²) in [5.74, 6) is -0.532. The zero-order valence-electron chi connectivity index (χ0n) is 13.2. The number of hydrogen-bond acceptors (Lipinski definition) is 6. The van der Waals surface area contributed by atoms with E-state index in [0.29, 0.717) is 13.0 Å². The van der Waals surface area contributed by atoms with Crippen molar-refractivity contribution in [3.63, 3.8) is 0 Å². The summed E-state index contributed by atoms with van der Waals surface area (Å²) in [5, 5.41) is 0. The van der Waals surface area contributed by atoms with Crippen LogP contribution in [0.1, 0.15) is 33.1 Å². The van der Waals surface area contributed by atoms with E-state index in [0.717, 1.165) is 19.5 Å². The van der Waals surface area contributed by atoms with Crippen LogP contribution in [0.3, 0.4) is 0 Å². The van der Waals surface area contributed by atoms with Gasteiger partial charge in [-0.05, 0) is 19.3 Å². The van der Waals surface area contributed by atoms with E-state index < -0.39 is 20.5 Å². The van der Waals surface area contributed by atoms with Gasteiger partial charge in [-0.2, -0.15) is 0 Å². The van der Waals surface area contributed by atoms with Crippen molar-refractivity contribution in [2.45, 2.75) is 39.2 Å². The minimum Gasteiger partial charge on any atom is -0.463 e. The zero-order valence-corrected chi connectivity index (χ0v) is 14.1. The third kappa shape index (κ3) is 6.77. The molecule has 1 amide bonds. The summed E-state index contributed by atoms with van der Waals surface area (Å²) in [6, 6.07) is -0.244. The number of amides is 1. The highest BCUT2D eigenvalue weighted by Gasteiger charge is 2.29. The quantitative estimate of drug-likeness (QED) is 0.449.